The van der Waals surface area contributed by atoms with Crippen molar-refractivity contribution in [2.45, 2.75) is 38.8 Å². The number of halogens is 2. The van der Waals surface area contributed by atoms with Gasteiger partial charge in [-0.1, -0.05) is 24.1 Å². The molecule has 1 atom stereocenters. The Balaban J connectivity index is 1.81. The third kappa shape index (κ3) is 4.44. The molecule has 1 aliphatic rings. The maximum atomic E-state index is 13.6. The van der Waals surface area contributed by atoms with Gasteiger partial charge in [0.2, 0.25) is 0 Å². The van der Waals surface area contributed by atoms with E-state index >= 15 is 0 Å². The second kappa shape index (κ2) is 7.22. The van der Waals surface area contributed by atoms with Crippen LogP contribution >= 0.6 is 11.6 Å². The minimum Gasteiger partial charge on any atom is -0.309 e. The van der Waals surface area contributed by atoms with Crippen molar-refractivity contribution >= 4 is 11.6 Å². The Morgan fingerprint density at radius 3 is 2.74 bits per heavy atom. The third-order valence-corrected chi connectivity index (χ3v) is 4.02. The number of rotatable bonds is 5. The zero-order valence-corrected chi connectivity index (χ0v) is 12.2. The molecule has 1 aromatic carbocycles. The van der Waals surface area contributed by atoms with Crippen LogP contribution in [0.15, 0.2) is 18.2 Å². The molecule has 0 saturated carbocycles. The summed E-state index contributed by atoms with van der Waals surface area (Å²) in [5, 5.41) is 3.86. The first-order chi connectivity index (χ1) is 9.16. The highest BCUT2D eigenvalue weighted by Gasteiger charge is 2.14. The normalized spacial score (nSPS) is 18.5. The summed E-state index contributed by atoms with van der Waals surface area (Å²) >= 11 is 6.01. The molecule has 0 aromatic heterocycles. The molecule has 2 rings (SSSR count). The highest BCUT2D eigenvalue weighted by Crippen LogP contribution is 2.18. The lowest BCUT2D eigenvalue weighted by atomic mass is 10.1. The Morgan fingerprint density at radius 2 is 2.05 bits per heavy atom. The predicted molar refractivity (Wildman–Crippen MR) is 78.0 cm³/mol. The summed E-state index contributed by atoms with van der Waals surface area (Å²) in [6, 6.07) is 5.17. The Morgan fingerprint density at radius 1 is 1.32 bits per heavy atom. The van der Waals surface area contributed by atoms with Gasteiger partial charge in [-0.2, -0.15) is 0 Å². The molecular weight excluding hydrogens is 263 g/mol. The predicted octanol–water partition coefficient (Wildman–Crippen LogP) is 3.44. The lowest BCUT2D eigenvalue weighted by Gasteiger charge is -2.29. The number of hydrogen-bond acceptors (Lipinski definition) is 2. The summed E-state index contributed by atoms with van der Waals surface area (Å²) in [6.07, 6.45) is 3.95. The topological polar surface area (TPSA) is 15.3 Å². The van der Waals surface area contributed by atoms with Crippen molar-refractivity contribution in [3.8, 4) is 0 Å². The molecule has 0 amide bonds. The van der Waals surface area contributed by atoms with E-state index < -0.39 is 0 Å². The molecule has 1 fully saturated rings. The van der Waals surface area contributed by atoms with E-state index in [4.69, 9.17) is 11.6 Å². The molecule has 1 aromatic rings. The van der Waals surface area contributed by atoms with Crippen molar-refractivity contribution in [3.05, 3.63) is 34.6 Å². The van der Waals surface area contributed by atoms with Gasteiger partial charge in [0.25, 0.3) is 0 Å². The van der Waals surface area contributed by atoms with E-state index in [9.17, 15) is 4.39 Å². The average molecular weight is 285 g/mol. The first-order valence-electron chi connectivity index (χ1n) is 7.05. The van der Waals surface area contributed by atoms with Crippen molar-refractivity contribution in [1.82, 2.24) is 10.2 Å². The Kier molecular flexibility index (Phi) is 5.61. The molecular formula is C15H22ClFN2. The quantitative estimate of drug-likeness (QED) is 0.891. The van der Waals surface area contributed by atoms with E-state index in [1.165, 1.54) is 38.4 Å². The minimum atomic E-state index is -0.231. The molecule has 1 heterocycles. The van der Waals surface area contributed by atoms with Crippen molar-refractivity contribution in [3.63, 3.8) is 0 Å². The van der Waals surface area contributed by atoms with E-state index in [1.807, 2.05) is 0 Å². The SMILES string of the molecule is CC(CN1CCCCC1)NCc1c(F)cccc1Cl. The molecule has 0 radical (unpaired) electrons. The van der Waals surface area contributed by atoms with Crippen LogP contribution in [0.4, 0.5) is 4.39 Å². The van der Waals surface area contributed by atoms with Crippen LogP contribution in [-0.4, -0.2) is 30.6 Å². The number of nitrogens with zero attached hydrogens (tertiary/aromatic N) is 1. The van der Waals surface area contributed by atoms with Gasteiger partial charge < -0.3 is 10.2 Å². The van der Waals surface area contributed by atoms with Crippen LogP contribution in [0.1, 0.15) is 31.7 Å². The van der Waals surface area contributed by atoms with Gasteiger partial charge in [0.15, 0.2) is 0 Å². The summed E-state index contributed by atoms with van der Waals surface area (Å²) < 4.78 is 13.6. The summed E-state index contributed by atoms with van der Waals surface area (Å²) in [5.74, 6) is -0.231. The van der Waals surface area contributed by atoms with E-state index in [0.717, 1.165) is 6.54 Å². The van der Waals surface area contributed by atoms with E-state index in [1.54, 1.807) is 12.1 Å². The number of likely N-dealkylation sites (tertiary alicyclic amines) is 1. The number of benzene rings is 1. The molecule has 1 unspecified atom stereocenters. The van der Waals surface area contributed by atoms with Crippen molar-refractivity contribution in [2.75, 3.05) is 19.6 Å². The highest BCUT2D eigenvalue weighted by atomic mass is 35.5. The van der Waals surface area contributed by atoms with Crippen LogP contribution in [0.2, 0.25) is 5.02 Å². The van der Waals surface area contributed by atoms with Gasteiger partial charge in [-0.25, -0.2) is 4.39 Å². The van der Waals surface area contributed by atoms with Crippen LogP contribution < -0.4 is 5.32 Å². The zero-order valence-electron chi connectivity index (χ0n) is 11.5. The Bertz CT molecular complexity index is 385. The monoisotopic (exact) mass is 284 g/mol. The van der Waals surface area contributed by atoms with Gasteiger partial charge >= 0.3 is 0 Å². The van der Waals surface area contributed by atoms with E-state index in [-0.39, 0.29) is 5.82 Å². The lowest BCUT2D eigenvalue weighted by Crippen LogP contribution is -2.41. The molecule has 0 spiro atoms. The molecule has 2 nitrogen and oxygen atoms in total. The highest BCUT2D eigenvalue weighted by molar-refractivity contribution is 6.31. The second-order valence-corrected chi connectivity index (χ2v) is 5.75. The fourth-order valence-electron chi connectivity index (χ4n) is 2.57. The van der Waals surface area contributed by atoms with Crippen molar-refractivity contribution in [2.24, 2.45) is 0 Å². The molecule has 1 N–H and O–H groups in total. The summed E-state index contributed by atoms with van der Waals surface area (Å²) in [4.78, 5) is 2.48. The Labute approximate surface area is 119 Å². The van der Waals surface area contributed by atoms with Gasteiger partial charge in [-0.3, -0.25) is 0 Å². The zero-order chi connectivity index (χ0) is 13.7. The van der Waals surface area contributed by atoms with Gasteiger partial charge in [-0.15, -0.1) is 0 Å². The molecule has 0 aliphatic carbocycles. The van der Waals surface area contributed by atoms with Crippen LogP contribution in [0.5, 0.6) is 0 Å². The smallest absolute Gasteiger partial charge is 0.129 e. The minimum absolute atomic E-state index is 0.231. The van der Waals surface area contributed by atoms with Crippen LogP contribution in [0.3, 0.4) is 0 Å². The summed E-state index contributed by atoms with van der Waals surface area (Å²) in [5.41, 5.74) is 0.565. The second-order valence-electron chi connectivity index (χ2n) is 5.34. The largest absolute Gasteiger partial charge is 0.309 e. The molecule has 19 heavy (non-hydrogen) atoms. The van der Waals surface area contributed by atoms with Crippen LogP contribution in [0.25, 0.3) is 0 Å². The molecule has 1 aliphatic heterocycles. The fourth-order valence-corrected chi connectivity index (χ4v) is 2.80. The van der Waals surface area contributed by atoms with Gasteiger partial charge in [0.1, 0.15) is 5.82 Å². The molecule has 106 valence electrons. The number of piperidine rings is 1. The molecule has 4 heteroatoms. The summed E-state index contributed by atoms with van der Waals surface area (Å²) in [7, 11) is 0. The summed E-state index contributed by atoms with van der Waals surface area (Å²) in [6.45, 7) is 6.02. The average Bonchev–Trinajstić information content (AvgIpc) is 2.39. The molecule has 0 bridgehead atoms. The first kappa shape index (κ1) is 14.8. The van der Waals surface area contributed by atoms with Crippen LogP contribution in [-0.2, 0) is 6.54 Å². The van der Waals surface area contributed by atoms with Crippen molar-refractivity contribution in [1.29, 1.82) is 0 Å². The van der Waals surface area contributed by atoms with Gasteiger partial charge in [0, 0.05) is 29.7 Å². The maximum absolute atomic E-state index is 13.6. The molecule has 1 saturated heterocycles. The van der Waals surface area contributed by atoms with E-state index in [2.05, 4.69) is 17.1 Å². The van der Waals surface area contributed by atoms with Gasteiger partial charge in [-0.05, 0) is 45.0 Å². The Hall–Kier alpha value is -0.640. The van der Waals surface area contributed by atoms with E-state index in [0.29, 0.717) is 23.2 Å². The fraction of sp³-hybridized carbons (Fsp3) is 0.600. The number of hydrogen-bond donors (Lipinski definition) is 1. The van der Waals surface area contributed by atoms with Crippen LogP contribution in [0, 0.1) is 5.82 Å². The van der Waals surface area contributed by atoms with Crippen molar-refractivity contribution < 1.29 is 4.39 Å². The lowest BCUT2D eigenvalue weighted by molar-refractivity contribution is 0.208. The third-order valence-electron chi connectivity index (χ3n) is 3.67. The van der Waals surface area contributed by atoms with Gasteiger partial charge in [0.05, 0.1) is 0 Å². The number of nitrogens with one attached hydrogen (secondary N) is 1. The first-order valence-corrected chi connectivity index (χ1v) is 7.43. The standard InChI is InChI=1S/C15H22ClFN2/c1-12(11-19-8-3-2-4-9-19)18-10-13-14(16)6-5-7-15(13)17/h5-7,12,18H,2-4,8-11H2,1H3. The maximum Gasteiger partial charge on any atom is 0.129 e.